The van der Waals surface area contributed by atoms with E-state index in [1.807, 2.05) is 0 Å². The van der Waals surface area contributed by atoms with Gasteiger partial charge in [-0.2, -0.15) is 0 Å². The smallest absolute Gasteiger partial charge is 0.337 e. The van der Waals surface area contributed by atoms with Gasteiger partial charge in [-0.1, -0.05) is 6.07 Å². The third-order valence-corrected chi connectivity index (χ3v) is 4.28. The van der Waals surface area contributed by atoms with E-state index in [4.69, 9.17) is 9.84 Å². The van der Waals surface area contributed by atoms with Crippen LogP contribution in [0.1, 0.15) is 10.4 Å². The Balaban J connectivity index is 1.74. The van der Waals surface area contributed by atoms with Crippen molar-refractivity contribution < 1.29 is 24.2 Å². The second-order valence-electron chi connectivity index (χ2n) is 6.17. The average molecular weight is 396 g/mol. The average Bonchev–Trinajstić information content (AvgIpc) is 3.04. The van der Waals surface area contributed by atoms with Crippen molar-refractivity contribution in [2.24, 2.45) is 0 Å². The molecule has 2 amide bonds. The van der Waals surface area contributed by atoms with Crippen LogP contribution in [0.15, 0.2) is 59.9 Å². The largest absolute Gasteiger partial charge is 0.466 e. The number of β-amino-alcohol motifs (C(OH)–C–C–N with tert-alkyl or cyclic N) is 1. The minimum absolute atomic E-state index is 0.0545. The lowest BCUT2D eigenvalue weighted by molar-refractivity contribution is -0.136. The summed E-state index contributed by atoms with van der Waals surface area (Å²) in [7, 11) is 1.24. The number of carbonyl (C=O) groups excluding carboxylic acids is 3. The van der Waals surface area contributed by atoms with Crippen LogP contribution >= 0.6 is 0 Å². The summed E-state index contributed by atoms with van der Waals surface area (Å²) in [5.41, 5.74) is 1.21. The van der Waals surface area contributed by atoms with Crippen LogP contribution in [-0.2, 0) is 14.3 Å². The lowest BCUT2D eigenvalue weighted by Gasteiger charge is -2.15. The maximum atomic E-state index is 12.5. The molecule has 0 unspecified atom stereocenters. The normalized spacial score (nSPS) is 13.4. The first-order valence-electron chi connectivity index (χ1n) is 8.84. The highest BCUT2D eigenvalue weighted by Gasteiger charge is 2.34. The van der Waals surface area contributed by atoms with E-state index in [1.165, 1.54) is 12.0 Å². The van der Waals surface area contributed by atoms with E-state index in [2.05, 4.69) is 15.6 Å². The van der Waals surface area contributed by atoms with E-state index in [0.29, 0.717) is 17.1 Å². The van der Waals surface area contributed by atoms with E-state index >= 15 is 0 Å². The minimum atomic E-state index is -0.618. The van der Waals surface area contributed by atoms with Gasteiger partial charge in [0.05, 0.1) is 25.8 Å². The monoisotopic (exact) mass is 396 g/mol. The fraction of sp³-hybridized carbons (Fsp3) is 0.200. The van der Waals surface area contributed by atoms with Crippen LogP contribution in [0.2, 0.25) is 0 Å². The number of aromatic nitrogens is 1. The van der Waals surface area contributed by atoms with Gasteiger partial charge in [-0.15, -0.1) is 0 Å². The summed E-state index contributed by atoms with van der Waals surface area (Å²) in [6.07, 6.45) is 1.58. The number of nitrogens with one attached hydrogen (secondary N) is 2. The molecular weight excluding hydrogens is 376 g/mol. The predicted molar refractivity (Wildman–Crippen MR) is 105 cm³/mol. The number of aliphatic hydroxyl groups is 1. The van der Waals surface area contributed by atoms with Crippen LogP contribution in [0.5, 0.6) is 0 Å². The first-order valence-corrected chi connectivity index (χ1v) is 8.84. The van der Waals surface area contributed by atoms with Crippen molar-refractivity contribution in [3.63, 3.8) is 0 Å². The fourth-order valence-electron chi connectivity index (χ4n) is 2.82. The van der Waals surface area contributed by atoms with Gasteiger partial charge < -0.3 is 25.4 Å². The second kappa shape index (κ2) is 8.98. The molecule has 2 heterocycles. The third kappa shape index (κ3) is 4.58. The van der Waals surface area contributed by atoms with E-state index in [-0.39, 0.29) is 36.9 Å². The molecule has 1 aliphatic heterocycles. The Hall–Kier alpha value is -3.72. The zero-order valence-corrected chi connectivity index (χ0v) is 15.7. The molecule has 0 fully saturated rings. The number of hydrogen-bond donors (Lipinski definition) is 3. The highest BCUT2D eigenvalue weighted by atomic mass is 16.5. The number of amides is 2. The lowest BCUT2D eigenvalue weighted by Crippen LogP contribution is -2.31. The van der Waals surface area contributed by atoms with Gasteiger partial charge in [-0.25, -0.2) is 9.78 Å². The molecule has 0 spiro atoms. The van der Waals surface area contributed by atoms with E-state index < -0.39 is 11.9 Å². The van der Waals surface area contributed by atoms with Gasteiger partial charge in [0.15, 0.2) is 0 Å². The summed E-state index contributed by atoms with van der Waals surface area (Å²) in [6, 6.07) is 11.6. The molecule has 9 nitrogen and oxygen atoms in total. The molecule has 3 N–H and O–H groups in total. The molecule has 0 atom stereocenters. The molecule has 1 aliphatic rings. The van der Waals surface area contributed by atoms with Crippen molar-refractivity contribution in [1.82, 2.24) is 9.88 Å². The van der Waals surface area contributed by atoms with Crippen LogP contribution in [0.4, 0.5) is 11.5 Å². The molecule has 9 heteroatoms. The van der Waals surface area contributed by atoms with Crippen molar-refractivity contribution in [1.29, 1.82) is 0 Å². The van der Waals surface area contributed by atoms with E-state index in [9.17, 15) is 14.4 Å². The number of esters is 1. The number of anilines is 2. The van der Waals surface area contributed by atoms with Gasteiger partial charge >= 0.3 is 5.97 Å². The minimum Gasteiger partial charge on any atom is -0.466 e. The zero-order valence-electron chi connectivity index (χ0n) is 15.7. The Labute approximate surface area is 167 Å². The molecule has 29 heavy (non-hydrogen) atoms. The van der Waals surface area contributed by atoms with E-state index in [1.54, 1.807) is 48.7 Å². The summed E-state index contributed by atoms with van der Waals surface area (Å²) in [6.45, 7) is -0.0519. The van der Waals surface area contributed by atoms with Gasteiger partial charge in [-0.05, 0) is 36.4 Å². The molecule has 2 aromatic rings. The number of hydrogen-bond acceptors (Lipinski definition) is 7. The molecule has 0 bridgehead atoms. The summed E-state index contributed by atoms with van der Waals surface area (Å²) in [4.78, 5) is 42.2. The molecule has 1 aromatic heterocycles. The maximum absolute atomic E-state index is 12.5. The van der Waals surface area contributed by atoms with Crippen LogP contribution in [0.25, 0.3) is 0 Å². The van der Waals surface area contributed by atoms with Crippen LogP contribution < -0.4 is 10.6 Å². The maximum Gasteiger partial charge on any atom is 0.337 e. The number of methoxy groups -OCH3 is 1. The SMILES string of the molecule is COC(=O)C1=C(Nc2ccc(C(=O)Nc3ccccn3)cc2)C(=O)N(CCO)C1. The summed E-state index contributed by atoms with van der Waals surface area (Å²) in [5.74, 6) is -0.909. The Morgan fingerprint density at radius 2 is 1.97 bits per heavy atom. The highest BCUT2D eigenvalue weighted by molar-refractivity contribution is 6.08. The van der Waals surface area contributed by atoms with Gasteiger partial charge in [0.1, 0.15) is 11.5 Å². The molecule has 0 aliphatic carbocycles. The van der Waals surface area contributed by atoms with E-state index in [0.717, 1.165) is 0 Å². The summed E-state index contributed by atoms with van der Waals surface area (Å²) < 4.78 is 4.75. The number of rotatable bonds is 7. The molecule has 150 valence electrons. The second-order valence-corrected chi connectivity index (χ2v) is 6.17. The Kier molecular flexibility index (Phi) is 6.20. The topological polar surface area (TPSA) is 121 Å². The van der Waals surface area contributed by atoms with Gasteiger partial charge in [0, 0.05) is 24.0 Å². The van der Waals surface area contributed by atoms with Crippen molar-refractivity contribution in [2.75, 3.05) is 37.4 Å². The number of carbonyl (C=O) groups is 3. The van der Waals surface area contributed by atoms with Crippen LogP contribution in [0, 0.1) is 0 Å². The number of nitrogens with zero attached hydrogens (tertiary/aromatic N) is 2. The van der Waals surface area contributed by atoms with Crippen molar-refractivity contribution >= 4 is 29.3 Å². The molecule has 3 rings (SSSR count). The number of ether oxygens (including phenoxy) is 1. The fourth-order valence-corrected chi connectivity index (χ4v) is 2.82. The van der Waals surface area contributed by atoms with Gasteiger partial charge in [0.2, 0.25) is 0 Å². The molecule has 0 saturated heterocycles. The first-order chi connectivity index (χ1) is 14.0. The zero-order chi connectivity index (χ0) is 20.8. The summed E-state index contributed by atoms with van der Waals surface area (Å²) in [5, 5.41) is 14.7. The molecule has 0 saturated carbocycles. The van der Waals surface area contributed by atoms with Crippen molar-refractivity contribution in [2.45, 2.75) is 0 Å². The van der Waals surface area contributed by atoms with Crippen molar-refractivity contribution in [3.05, 3.63) is 65.5 Å². The Bertz CT molecular complexity index is 941. The standard InChI is InChI=1S/C20H20N4O5/c1-29-20(28)15-12-24(10-11-25)19(27)17(15)22-14-7-5-13(6-8-14)18(26)23-16-4-2-3-9-21-16/h2-9,22,25H,10-12H2,1H3,(H,21,23,26). The van der Waals surface area contributed by atoms with Gasteiger partial charge in [0.25, 0.3) is 11.8 Å². The number of aliphatic hydroxyl groups excluding tert-OH is 1. The Morgan fingerprint density at radius 3 is 2.59 bits per heavy atom. The van der Waals surface area contributed by atoms with Gasteiger partial charge in [-0.3, -0.25) is 9.59 Å². The quantitative estimate of drug-likeness (QED) is 0.597. The van der Waals surface area contributed by atoms with Crippen LogP contribution in [-0.4, -0.2) is 59.6 Å². The molecular formula is C20H20N4O5. The lowest BCUT2D eigenvalue weighted by atomic mass is 10.1. The molecule has 0 radical (unpaired) electrons. The van der Waals surface area contributed by atoms with Crippen molar-refractivity contribution in [3.8, 4) is 0 Å². The molecule has 1 aromatic carbocycles. The number of benzene rings is 1. The number of pyridine rings is 1. The van der Waals surface area contributed by atoms with Crippen LogP contribution in [0.3, 0.4) is 0 Å². The predicted octanol–water partition coefficient (Wildman–Crippen LogP) is 1.01. The Morgan fingerprint density at radius 1 is 1.21 bits per heavy atom. The third-order valence-electron chi connectivity index (χ3n) is 4.28. The first kappa shape index (κ1) is 20.0. The highest BCUT2D eigenvalue weighted by Crippen LogP contribution is 2.23. The summed E-state index contributed by atoms with van der Waals surface area (Å²) >= 11 is 0.